The molecule has 0 bridgehead atoms. The van der Waals surface area contributed by atoms with Gasteiger partial charge in [0, 0.05) is 47.6 Å². The second kappa shape index (κ2) is 9.69. The van der Waals surface area contributed by atoms with Crippen LogP contribution >= 0.6 is 0 Å². The van der Waals surface area contributed by atoms with Crippen molar-refractivity contribution >= 4 is 28.6 Å². The third kappa shape index (κ3) is 5.18. The Morgan fingerprint density at radius 2 is 1.76 bits per heavy atom. The highest BCUT2D eigenvalue weighted by atomic mass is 19.1. The van der Waals surface area contributed by atoms with Crippen LogP contribution in [0.15, 0.2) is 73.1 Å². The molecule has 0 saturated carbocycles. The molecule has 0 saturated heterocycles. The molecule has 0 fully saturated rings. The number of rotatable bonds is 4. The minimum atomic E-state index is -0.763. The van der Waals surface area contributed by atoms with Crippen molar-refractivity contribution in [3.63, 3.8) is 0 Å². The van der Waals surface area contributed by atoms with Gasteiger partial charge >= 0.3 is 6.09 Å². The molecule has 1 aliphatic rings. The van der Waals surface area contributed by atoms with Crippen molar-refractivity contribution in [2.45, 2.75) is 51.9 Å². The Labute approximate surface area is 214 Å². The van der Waals surface area contributed by atoms with E-state index in [1.54, 1.807) is 57.4 Å². The van der Waals surface area contributed by atoms with E-state index in [4.69, 9.17) is 4.74 Å². The van der Waals surface area contributed by atoms with Gasteiger partial charge in [0.05, 0.1) is 6.54 Å². The Hall–Kier alpha value is -4.20. The zero-order valence-electron chi connectivity index (χ0n) is 21.1. The molecule has 37 heavy (non-hydrogen) atoms. The Balaban J connectivity index is 1.57. The average Bonchev–Trinajstić information content (AvgIpc) is 3.17. The van der Waals surface area contributed by atoms with E-state index in [2.05, 4.69) is 14.9 Å². The molecule has 4 aromatic rings. The van der Waals surface area contributed by atoms with Crippen molar-refractivity contribution in [3.05, 3.63) is 95.7 Å². The summed E-state index contributed by atoms with van der Waals surface area (Å²) in [4.78, 5) is 32.4. The maximum absolute atomic E-state index is 13.5. The summed E-state index contributed by atoms with van der Waals surface area (Å²) in [6, 6.07) is 17.1. The number of hydrogen-bond donors (Lipinski definition) is 1. The summed E-state index contributed by atoms with van der Waals surface area (Å²) in [5.41, 5.74) is 3.78. The topological polar surface area (TPSA) is 76.5 Å². The molecule has 5 rings (SSSR count). The lowest BCUT2D eigenvalue weighted by atomic mass is 9.96. The zero-order valence-corrected chi connectivity index (χ0v) is 21.1. The molecule has 7 nitrogen and oxygen atoms in total. The number of carbonyl (C=O) groups is 2. The number of aromatic nitrogens is 2. The van der Waals surface area contributed by atoms with Crippen LogP contribution in [0.5, 0.6) is 0 Å². The van der Waals surface area contributed by atoms with E-state index < -0.39 is 17.7 Å². The smallest absolute Gasteiger partial charge is 0.411 e. The Kier molecular flexibility index (Phi) is 6.41. The first-order chi connectivity index (χ1) is 17.7. The van der Waals surface area contributed by atoms with Crippen molar-refractivity contribution in [1.29, 1.82) is 0 Å². The Morgan fingerprint density at radius 3 is 2.46 bits per heavy atom. The summed E-state index contributed by atoms with van der Waals surface area (Å²) < 4.78 is 21.4. The highest BCUT2D eigenvalue weighted by molar-refractivity contribution is 5.98. The van der Waals surface area contributed by atoms with Gasteiger partial charge in [0.1, 0.15) is 17.5 Å². The van der Waals surface area contributed by atoms with Crippen LogP contribution in [-0.4, -0.2) is 38.1 Å². The number of fused-ring (bicyclic) bond motifs is 3. The van der Waals surface area contributed by atoms with E-state index >= 15 is 0 Å². The van der Waals surface area contributed by atoms with Crippen LogP contribution in [0.4, 0.5) is 14.9 Å². The van der Waals surface area contributed by atoms with Gasteiger partial charge in [0.15, 0.2) is 0 Å². The molecule has 8 heteroatoms. The number of carbonyl (C=O) groups excluding carboxylic acids is 2. The van der Waals surface area contributed by atoms with Crippen LogP contribution in [0.25, 0.3) is 10.9 Å². The maximum atomic E-state index is 13.5. The summed E-state index contributed by atoms with van der Waals surface area (Å²) in [5, 5.41) is 3.95. The summed E-state index contributed by atoms with van der Waals surface area (Å²) in [7, 11) is 0. The lowest BCUT2D eigenvalue weighted by Gasteiger charge is -2.36. The summed E-state index contributed by atoms with van der Waals surface area (Å²) in [5.74, 6) is -0.583. The van der Waals surface area contributed by atoms with Crippen LogP contribution < -0.4 is 5.32 Å². The van der Waals surface area contributed by atoms with Gasteiger partial charge < -0.3 is 14.6 Å². The molecule has 0 aliphatic carbocycles. The van der Waals surface area contributed by atoms with Crippen LogP contribution in [0.3, 0.4) is 0 Å². The molecule has 190 valence electrons. The van der Waals surface area contributed by atoms with Gasteiger partial charge in [-0.1, -0.05) is 30.3 Å². The maximum Gasteiger partial charge on any atom is 0.411 e. The van der Waals surface area contributed by atoms with Crippen molar-refractivity contribution in [3.8, 4) is 0 Å². The molecule has 0 spiro atoms. The predicted octanol–water partition coefficient (Wildman–Crippen LogP) is 5.52. The monoisotopic (exact) mass is 500 g/mol. The van der Waals surface area contributed by atoms with Crippen LogP contribution in [0, 0.1) is 5.82 Å². The lowest BCUT2D eigenvalue weighted by Crippen LogP contribution is -2.52. The Bertz CT molecular complexity index is 1440. The van der Waals surface area contributed by atoms with Gasteiger partial charge in [-0.25, -0.2) is 9.18 Å². The second-order valence-corrected chi connectivity index (χ2v) is 10.2. The minimum Gasteiger partial charge on any atom is -0.444 e. The van der Waals surface area contributed by atoms with Crippen LogP contribution in [-0.2, 0) is 29.0 Å². The number of nitrogens with zero attached hydrogens (tertiary/aromatic N) is 3. The number of para-hydroxylation sites is 1. The van der Waals surface area contributed by atoms with Crippen molar-refractivity contribution in [2.75, 3.05) is 5.32 Å². The van der Waals surface area contributed by atoms with E-state index in [0.29, 0.717) is 18.7 Å². The number of hydrogen-bond acceptors (Lipinski definition) is 4. The molecular formula is C29H29FN4O3. The zero-order chi connectivity index (χ0) is 26.2. The largest absolute Gasteiger partial charge is 0.444 e. The van der Waals surface area contributed by atoms with E-state index in [-0.39, 0.29) is 18.3 Å². The third-order valence-corrected chi connectivity index (χ3v) is 6.42. The molecule has 0 radical (unpaired) electrons. The molecular weight excluding hydrogens is 471 g/mol. The van der Waals surface area contributed by atoms with Gasteiger partial charge in [-0.3, -0.25) is 14.7 Å². The van der Waals surface area contributed by atoms with Gasteiger partial charge in [0.2, 0.25) is 5.91 Å². The fourth-order valence-corrected chi connectivity index (χ4v) is 4.77. The summed E-state index contributed by atoms with van der Waals surface area (Å²) in [6.07, 6.45) is 2.99. The normalized spacial score (nSPS) is 15.4. The van der Waals surface area contributed by atoms with Gasteiger partial charge in [-0.2, -0.15) is 0 Å². The molecule has 2 aromatic carbocycles. The van der Waals surface area contributed by atoms with Crippen LogP contribution in [0.2, 0.25) is 0 Å². The van der Waals surface area contributed by atoms with Gasteiger partial charge in [0.25, 0.3) is 0 Å². The molecule has 1 aliphatic heterocycles. The quantitative estimate of drug-likeness (QED) is 0.400. The van der Waals surface area contributed by atoms with E-state index in [9.17, 15) is 14.0 Å². The predicted molar refractivity (Wildman–Crippen MR) is 140 cm³/mol. The summed E-state index contributed by atoms with van der Waals surface area (Å²) in [6.45, 7) is 6.12. The van der Waals surface area contributed by atoms with E-state index in [1.807, 2.05) is 24.3 Å². The number of halogens is 1. The standard InChI is InChI=1S/C29H29FN4O3/c1-29(2,3)37-28(36)34-18-26-23(16-25(34)27(35)32-21-12-14-31-15-13-21)22-6-4-5-7-24(22)33(26)17-19-8-10-20(30)11-9-19/h4-15,25H,16-18H2,1-3H3,(H,31,32,35). The number of nitrogens with one attached hydrogen (secondary N) is 1. The van der Waals surface area contributed by atoms with E-state index in [0.717, 1.165) is 27.7 Å². The number of ether oxygens (including phenoxy) is 1. The molecule has 3 heterocycles. The van der Waals surface area contributed by atoms with Gasteiger partial charge in [-0.05, 0) is 62.2 Å². The Morgan fingerprint density at radius 1 is 1.05 bits per heavy atom. The fourth-order valence-electron chi connectivity index (χ4n) is 4.77. The number of pyridine rings is 1. The number of anilines is 1. The van der Waals surface area contributed by atoms with Crippen LogP contribution in [0.1, 0.15) is 37.6 Å². The van der Waals surface area contributed by atoms with Crippen molar-refractivity contribution in [1.82, 2.24) is 14.5 Å². The first kappa shape index (κ1) is 24.5. The van der Waals surface area contributed by atoms with Gasteiger partial charge in [-0.15, -0.1) is 0 Å². The minimum absolute atomic E-state index is 0.203. The van der Waals surface area contributed by atoms with Crippen molar-refractivity contribution in [2.24, 2.45) is 0 Å². The average molecular weight is 501 g/mol. The number of benzene rings is 2. The fraction of sp³-hybridized carbons (Fsp3) is 0.276. The van der Waals surface area contributed by atoms with E-state index in [1.165, 1.54) is 17.0 Å². The first-order valence-electron chi connectivity index (χ1n) is 12.2. The van der Waals surface area contributed by atoms with Crippen molar-refractivity contribution < 1.29 is 18.7 Å². The SMILES string of the molecule is CC(C)(C)OC(=O)N1Cc2c(c3ccccc3n2Cc2ccc(F)cc2)CC1C(=O)Nc1ccncc1. The highest BCUT2D eigenvalue weighted by Crippen LogP contribution is 2.35. The molecule has 1 N–H and O–H groups in total. The lowest BCUT2D eigenvalue weighted by molar-refractivity contribution is -0.121. The first-order valence-corrected chi connectivity index (χ1v) is 12.2. The summed E-state index contributed by atoms with van der Waals surface area (Å²) >= 11 is 0. The third-order valence-electron chi connectivity index (χ3n) is 6.42. The molecule has 2 aromatic heterocycles. The number of amides is 2. The highest BCUT2D eigenvalue weighted by Gasteiger charge is 2.39. The second-order valence-electron chi connectivity index (χ2n) is 10.2. The molecule has 2 amide bonds. The molecule has 1 unspecified atom stereocenters. The molecule has 1 atom stereocenters.